The lowest BCUT2D eigenvalue weighted by molar-refractivity contribution is 0.302. The quantitative estimate of drug-likeness (QED) is 0.349. The van der Waals surface area contributed by atoms with Crippen LogP contribution in [0.3, 0.4) is 0 Å². The third-order valence-electron chi connectivity index (χ3n) is 4.88. The van der Waals surface area contributed by atoms with Crippen LogP contribution in [0.2, 0.25) is 5.02 Å². The van der Waals surface area contributed by atoms with E-state index in [1.165, 1.54) is 5.56 Å². The van der Waals surface area contributed by atoms with Crippen LogP contribution in [0.25, 0.3) is 11.0 Å². The van der Waals surface area contributed by atoms with Crippen molar-refractivity contribution in [3.05, 3.63) is 89.2 Å². The van der Waals surface area contributed by atoms with E-state index < -0.39 is 0 Å². The number of fused-ring (bicyclic) bond motifs is 1. The van der Waals surface area contributed by atoms with Gasteiger partial charge in [-0.2, -0.15) is 0 Å². The summed E-state index contributed by atoms with van der Waals surface area (Å²) in [6.45, 7) is 1.43. The van der Waals surface area contributed by atoms with E-state index in [-0.39, 0.29) is 0 Å². The molecule has 148 valence electrons. The number of imidazole rings is 1. The lowest BCUT2D eigenvalue weighted by Gasteiger charge is -2.11. The molecule has 5 heteroatoms. The van der Waals surface area contributed by atoms with Crippen molar-refractivity contribution in [1.29, 1.82) is 0 Å². The standard InChI is InChI=1S/C24H23ClN2O2/c1-28-19-13-11-18(12-14-19)17-24-26-21-8-3-4-9-22(21)27(24)15-6-16-29-23-10-5-2-7-20(23)25/h2-5,7-14H,6,15-17H2,1H3. The maximum Gasteiger partial charge on any atom is 0.137 e. The first-order valence-electron chi connectivity index (χ1n) is 9.69. The van der Waals surface area contributed by atoms with Gasteiger partial charge in [-0.3, -0.25) is 0 Å². The lowest BCUT2D eigenvalue weighted by atomic mass is 10.1. The van der Waals surface area contributed by atoms with E-state index in [2.05, 4.69) is 34.9 Å². The molecule has 0 radical (unpaired) electrons. The summed E-state index contributed by atoms with van der Waals surface area (Å²) in [5.41, 5.74) is 3.37. The predicted molar refractivity (Wildman–Crippen MR) is 117 cm³/mol. The summed E-state index contributed by atoms with van der Waals surface area (Å²) >= 11 is 6.17. The van der Waals surface area contributed by atoms with Crippen LogP contribution in [0, 0.1) is 0 Å². The van der Waals surface area contributed by atoms with Gasteiger partial charge in [-0.15, -0.1) is 0 Å². The molecule has 0 aliphatic heterocycles. The monoisotopic (exact) mass is 406 g/mol. The molecule has 0 amide bonds. The average molecular weight is 407 g/mol. The first kappa shape index (κ1) is 19.3. The number of hydrogen-bond acceptors (Lipinski definition) is 3. The third kappa shape index (κ3) is 4.54. The van der Waals surface area contributed by atoms with Crippen LogP contribution < -0.4 is 9.47 Å². The second-order valence-corrected chi connectivity index (χ2v) is 7.23. The van der Waals surface area contributed by atoms with E-state index in [4.69, 9.17) is 26.1 Å². The molecule has 4 aromatic rings. The van der Waals surface area contributed by atoms with Gasteiger partial charge in [-0.1, -0.05) is 48.0 Å². The Labute approximate surface area is 175 Å². The Balaban J connectivity index is 1.49. The van der Waals surface area contributed by atoms with E-state index >= 15 is 0 Å². The van der Waals surface area contributed by atoms with Gasteiger partial charge in [0.1, 0.15) is 17.3 Å². The second-order valence-electron chi connectivity index (χ2n) is 6.83. The van der Waals surface area contributed by atoms with Crippen molar-refractivity contribution < 1.29 is 9.47 Å². The fraction of sp³-hybridized carbons (Fsp3) is 0.208. The fourth-order valence-corrected chi connectivity index (χ4v) is 3.59. The molecule has 4 nitrogen and oxygen atoms in total. The van der Waals surface area contributed by atoms with Crippen molar-refractivity contribution in [2.75, 3.05) is 13.7 Å². The average Bonchev–Trinajstić information content (AvgIpc) is 3.10. The molecule has 0 N–H and O–H groups in total. The zero-order chi connectivity index (χ0) is 20.1. The maximum absolute atomic E-state index is 6.17. The number of para-hydroxylation sites is 3. The Morgan fingerprint density at radius 1 is 0.931 bits per heavy atom. The topological polar surface area (TPSA) is 36.3 Å². The Kier molecular flexibility index (Phi) is 6.01. The Hall–Kier alpha value is -2.98. The summed E-state index contributed by atoms with van der Waals surface area (Å²) in [6, 6.07) is 24.0. The summed E-state index contributed by atoms with van der Waals surface area (Å²) in [6.07, 6.45) is 1.63. The summed E-state index contributed by atoms with van der Waals surface area (Å²) in [5, 5.41) is 0.640. The van der Waals surface area contributed by atoms with Crippen LogP contribution in [-0.2, 0) is 13.0 Å². The maximum atomic E-state index is 6.17. The highest BCUT2D eigenvalue weighted by Gasteiger charge is 2.11. The first-order valence-corrected chi connectivity index (χ1v) is 10.1. The summed E-state index contributed by atoms with van der Waals surface area (Å²) in [4.78, 5) is 4.87. The van der Waals surface area contributed by atoms with E-state index in [1.54, 1.807) is 7.11 Å². The molecule has 0 saturated carbocycles. The zero-order valence-corrected chi connectivity index (χ0v) is 17.1. The van der Waals surface area contributed by atoms with Gasteiger partial charge in [-0.05, 0) is 48.4 Å². The smallest absolute Gasteiger partial charge is 0.137 e. The number of ether oxygens (including phenoxy) is 2. The predicted octanol–water partition coefficient (Wildman–Crippen LogP) is 5.76. The summed E-state index contributed by atoms with van der Waals surface area (Å²) in [5.74, 6) is 2.64. The van der Waals surface area contributed by atoms with Crippen LogP contribution in [0.5, 0.6) is 11.5 Å². The van der Waals surface area contributed by atoms with Gasteiger partial charge in [0.15, 0.2) is 0 Å². The molecule has 3 aromatic carbocycles. The molecule has 1 heterocycles. The first-order chi connectivity index (χ1) is 14.2. The van der Waals surface area contributed by atoms with Crippen molar-refractivity contribution in [2.45, 2.75) is 19.4 Å². The van der Waals surface area contributed by atoms with Gasteiger partial charge >= 0.3 is 0 Å². The van der Waals surface area contributed by atoms with Crippen LogP contribution in [0.15, 0.2) is 72.8 Å². The van der Waals surface area contributed by atoms with Crippen molar-refractivity contribution in [3.8, 4) is 11.5 Å². The Bertz CT molecular complexity index is 1090. The molecule has 0 saturated heterocycles. The molecular formula is C24H23ClN2O2. The van der Waals surface area contributed by atoms with Gasteiger partial charge in [0, 0.05) is 13.0 Å². The van der Waals surface area contributed by atoms with Gasteiger partial charge in [0.05, 0.1) is 29.8 Å². The molecule has 0 spiro atoms. The van der Waals surface area contributed by atoms with Gasteiger partial charge in [-0.25, -0.2) is 4.98 Å². The van der Waals surface area contributed by atoms with Crippen molar-refractivity contribution in [2.24, 2.45) is 0 Å². The largest absolute Gasteiger partial charge is 0.497 e. The molecule has 0 bridgehead atoms. The highest BCUT2D eigenvalue weighted by Crippen LogP contribution is 2.24. The number of hydrogen-bond donors (Lipinski definition) is 0. The number of nitrogens with zero attached hydrogens (tertiary/aromatic N) is 2. The number of aryl methyl sites for hydroxylation is 1. The normalized spacial score (nSPS) is 11.0. The number of halogens is 1. The minimum absolute atomic E-state index is 0.595. The second kappa shape index (κ2) is 9.01. The third-order valence-corrected chi connectivity index (χ3v) is 5.19. The van der Waals surface area contributed by atoms with Crippen molar-refractivity contribution in [1.82, 2.24) is 9.55 Å². The molecule has 4 rings (SSSR count). The van der Waals surface area contributed by atoms with E-state index in [1.807, 2.05) is 42.5 Å². The number of aromatic nitrogens is 2. The van der Waals surface area contributed by atoms with E-state index in [0.29, 0.717) is 11.6 Å². The van der Waals surface area contributed by atoms with Crippen LogP contribution in [0.4, 0.5) is 0 Å². The van der Waals surface area contributed by atoms with Gasteiger partial charge < -0.3 is 14.0 Å². The molecular weight excluding hydrogens is 384 g/mol. The van der Waals surface area contributed by atoms with Crippen LogP contribution in [0.1, 0.15) is 17.8 Å². The lowest BCUT2D eigenvalue weighted by Crippen LogP contribution is -2.08. The van der Waals surface area contributed by atoms with Crippen molar-refractivity contribution >= 4 is 22.6 Å². The van der Waals surface area contributed by atoms with Gasteiger partial charge in [0.25, 0.3) is 0 Å². The van der Waals surface area contributed by atoms with Crippen molar-refractivity contribution in [3.63, 3.8) is 0 Å². The molecule has 0 aliphatic rings. The fourth-order valence-electron chi connectivity index (χ4n) is 3.40. The molecule has 0 atom stereocenters. The summed E-state index contributed by atoms with van der Waals surface area (Å²) < 4.78 is 13.4. The number of rotatable bonds is 8. The summed E-state index contributed by atoms with van der Waals surface area (Å²) in [7, 11) is 1.68. The minimum atomic E-state index is 0.595. The van der Waals surface area contributed by atoms with Gasteiger partial charge in [0.2, 0.25) is 0 Å². The van der Waals surface area contributed by atoms with E-state index in [0.717, 1.165) is 47.7 Å². The highest BCUT2D eigenvalue weighted by molar-refractivity contribution is 6.32. The Morgan fingerprint density at radius 3 is 2.48 bits per heavy atom. The van der Waals surface area contributed by atoms with Crippen LogP contribution >= 0.6 is 11.6 Å². The Morgan fingerprint density at radius 2 is 1.69 bits per heavy atom. The minimum Gasteiger partial charge on any atom is -0.497 e. The molecule has 29 heavy (non-hydrogen) atoms. The highest BCUT2D eigenvalue weighted by atomic mass is 35.5. The molecule has 1 aromatic heterocycles. The molecule has 0 unspecified atom stereocenters. The number of methoxy groups -OCH3 is 1. The van der Waals surface area contributed by atoms with E-state index in [9.17, 15) is 0 Å². The SMILES string of the molecule is COc1ccc(Cc2nc3ccccc3n2CCCOc2ccccc2Cl)cc1. The zero-order valence-electron chi connectivity index (χ0n) is 16.3. The number of benzene rings is 3. The molecule has 0 fully saturated rings. The molecule has 0 aliphatic carbocycles. The van der Waals surface area contributed by atoms with Crippen LogP contribution in [-0.4, -0.2) is 23.3 Å².